The molecule has 0 aliphatic heterocycles. The number of hydrogen-bond acceptors (Lipinski definition) is 2. The van der Waals surface area contributed by atoms with Gasteiger partial charge in [0.25, 0.3) is 0 Å². The van der Waals surface area contributed by atoms with Crippen molar-refractivity contribution in [1.82, 2.24) is 5.32 Å². The molecule has 4 heteroatoms. The number of halogens is 1. The number of hydrogen-bond donors (Lipinski definition) is 2. The third-order valence-corrected chi connectivity index (χ3v) is 3.06. The zero-order chi connectivity index (χ0) is 13.9. The van der Waals surface area contributed by atoms with Crippen molar-refractivity contribution >= 4 is 21.8 Å². The summed E-state index contributed by atoms with van der Waals surface area (Å²) in [4.78, 5) is 11.3. The van der Waals surface area contributed by atoms with Crippen LogP contribution < -0.4 is 5.32 Å². The molecule has 0 aliphatic carbocycles. The second kappa shape index (κ2) is 6.05. The summed E-state index contributed by atoms with van der Waals surface area (Å²) in [5.74, 6) is 0.0940. The van der Waals surface area contributed by atoms with Crippen molar-refractivity contribution in [3.05, 3.63) is 39.9 Å². The van der Waals surface area contributed by atoms with Crippen LogP contribution in [0.1, 0.15) is 37.4 Å². The van der Waals surface area contributed by atoms with Crippen LogP contribution in [-0.4, -0.2) is 11.0 Å². The lowest BCUT2D eigenvalue weighted by molar-refractivity contribution is -0.119. The molecule has 0 aliphatic rings. The molecule has 0 aromatic heterocycles. The monoisotopic (exact) mass is 311 g/mol. The molecular weight excluding hydrogens is 294 g/mol. The zero-order valence-corrected chi connectivity index (χ0v) is 12.5. The van der Waals surface area contributed by atoms with Gasteiger partial charge in [0.1, 0.15) is 5.75 Å². The van der Waals surface area contributed by atoms with Crippen molar-refractivity contribution in [3.63, 3.8) is 0 Å². The Morgan fingerprint density at radius 3 is 2.61 bits per heavy atom. The maximum Gasteiger partial charge on any atom is 0.217 e. The van der Waals surface area contributed by atoms with E-state index in [1.54, 1.807) is 0 Å². The molecule has 1 amide bonds. The fourth-order valence-corrected chi connectivity index (χ4v) is 2.45. The number of phenols is 1. The van der Waals surface area contributed by atoms with Gasteiger partial charge in [-0.3, -0.25) is 4.79 Å². The first kappa shape index (κ1) is 14.8. The predicted molar refractivity (Wildman–Crippen MR) is 76.5 cm³/mol. The average Bonchev–Trinajstić information content (AvgIpc) is 2.21. The summed E-state index contributed by atoms with van der Waals surface area (Å²) in [5, 5.41) is 13.0. The van der Waals surface area contributed by atoms with Gasteiger partial charge in [0.2, 0.25) is 5.91 Å². The molecule has 0 heterocycles. The smallest absolute Gasteiger partial charge is 0.217 e. The molecule has 0 saturated heterocycles. The lowest BCUT2D eigenvalue weighted by Gasteiger charge is -2.20. The molecule has 1 aromatic rings. The number of carbonyl (C=O) groups is 1. The van der Waals surface area contributed by atoms with E-state index in [-0.39, 0.29) is 17.7 Å². The molecule has 0 bridgehead atoms. The van der Waals surface area contributed by atoms with E-state index in [4.69, 9.17) is 0 Å². The van der Waals surface area contributed by atoms with Crippen LogP contribution in [-0.2, 0) is 4.79 Å². The first-order valence-electron chi connectivity index (χ1n) is 5.71. The van der Waals surface area contributed by atoms with Gasteiger partial charge in [-0.1, -0.05) is 21.5 Å². The molecule has 1 aromatic carbocycles. The Balaban J connectivity index is 3.19. The van der Waals surface area contributed by atoms with E-state index >= 15 is 0 Å². The van der Waals surface area contributed by atoms with E-state index < -0.39 is 0 Å². The summed E-state index contributed by atoms with van der Waals surface area (Å²) < 4.78 is 0.880. The Morgan fingerprint density at radius 2 is 2.11 bits per heavy atom. The first-order chi connectivity index (χ1) is 8.31. The van der Waals surface area contributed by atoms with Crippen LogP contribution in [0.5, 0.6) is 5.75 Å². The van der Waals surface area contributed by atoms with Gasteiger partial charge < -0.3 is 10.4 Å². The highest BCUT2D eigenvalue weighted by Gasteiger charge is 2.18. The van der Waals surface area contributed by atoms with Gasteiger partial charge in [0.15, 0.2) is 0 Å². The normalized spacial score (nSPS) is 12.0. The first-order valence-corrected chi connectivity index (χ1v) is 6.51. The van der Waals surface area contributed by atoms with Crippen molar-refractivity contribution in [1.29, 1.82) is 0 Å². The third-order valence-electron chi connectivity index (χ3n) is 2.60. The number of rotatable bonds is 4. The van der Waals surface area contributed by atoms with Gasteiger partial charge >= 0.3 is 0 Å². The van der Waals surface area contributed by atoms with Crippen LogP contribution >= 0.6 is 15.9 Å². The number of amides is 1. The minimum absolute atomic E-state index is 0.127. The van der Waals surface area contributed by atoms with E-state index in [1.165, 1.54) is 6.92 Å². The highest BCUT2D eigenvalue weighted by molar-refractivity contribution is 9.10. The van der Waals surface area contributed by atoms with Gasteiger partial charge in [-0.05, 0) is 38.0 Å². The van der Waals surface area contributed by atoms with E-state index in [9.17, 15) is 9.90 Å². The quantitative estimate of drug-likeness (QED) is 0.835. The van der Waals surface area contributed by atoms with Crippen LogP contribution in [0, 0.1) is 6.92 Å². The maximum absolute atomic E-state index is 11.3. The minimum Gasteiger partial charge on any atom is -0.507 e. The molecule has 98 valence electrons. The summed E-state index contributed by atoms with van der Waals surface area (Å²) in [5.41, 5.74) is 2.43. The second-order valence-corrected chi connectivity index (χ2v) is 5.49. The lowest BCUT2D eigenvalue weighted by Crippen LogP contribution is -2.26. The highest BCUT2D eigenvalue weighted by atomic mass is 79.9. The van der Waals surface area contributed by atoms with Crippen molar-refractivity contribution in [2.75, 3.05) is 0 Å². The second-order valence-electron chi connectivity index (χ2n) is 4.57. The van der Waals surface area contributed by atoms with Crippen molar-refractivity contribution in [2.24, 2.45) is 0 Å². The topological polar surface area (TPSA) is 49.3 Å². The van der Waals surface area contributed by atoms with Gasteiger partial charge in [0, 0.05) is 17.0 Å². The molecule has 0 fully saturated rings. The molecule has 0 spiro atoms. The average molecular weight is 312 g/mol. The van der Waals surface area contributed by atoms with E-state index in [1.807, 2.05) is 26.0 Å². The molecule has 0 radical (unpaired) electrons. The fourth-order valence-electron chi connectivity index (χ4n) is 1.86. The Morgan fingerprint density at radius 1 is 1.50 bits per heavy atom. The lowest BCUT2D eigenvalue weighted by atomic mass is 9.97. The highest BCUT2D eigenvalue weighted by Crippen LogP contribution is 2.33. The largest absolute Gasteiger partial charge is 0.507 e. The summed E-state index contributed by atoms with van der Waals surface area (Å²) in [7, 11) is 0. The van der Waals surface area contributed by atoms with Crippen LogP contribution in [0.25, 0.3) is 0 Å². The molecule has 1 rings (SSSR count). The van der Waals surface area contributed by atoms with Crippen LogP contribution in [0.4, 0.5) is 0 Å². The molecule has 3 nitrogen and oxygen atoms in total. The fraction of sp³-hybridized carbons (Fsp3) is 0.357. The number of benzene rings is 1. The third kappa shape index (κ3) is 3.88. The number of aryl methyl sites for hydroxylation is 1. The van der Waals surface area contributed by atoms with E-state index in [0.717, 1.165) is 15.6 Å². The van der Waals surface area contributed by atoms with Gasteiger partial charge in [-0.2, -0.15) is 0 Å². The van der Waals surface area contributed by atoms with E-state index in [2.05, 4.69) is 27.8 Å². The molecule has 2 N–H and O–H groups in total. The van der Waals surface area contributed by atoms with Gasteiger partial charge in [0.05, 0.1) is 6.04 Å². The minimum atomic E-state index is -0.254. The molecular formula is C14H18BrNO2. The Hall–Kier alpha value is -1.29. The number of phenolic OH excluding ortho intramolecular Hbond substituents is 1. The maximum atomic E-state index is 11.3. The number of aromatic hydroxyl groups is 1. The predicted octanol–water partition coefficient (Wildman–Crippen LogP) is 3.61. The zero-order valence-electron chi connectivity index (χ0n) is 10.9. The Kier molecular flexibility index (Phi) is 4.96. The summed E-state index contributed by atoms with van der Waals surface area (Å²) in [6, 6.07) is 3.41. The molecule has 0 saturated carbocycles. The standard InChI is InChI=1S/C14H18BrNO2/c1-8(2)5-13(16-10(4)17)12-7-11(15)6-9(3)14(12)18/h6-7,13,18H,1,5H2,2-4H3,(H,16,17). The SMILES string of the molecule is C=C(C)CC(NC(C)=O)c1cc(Br)cc(C)c1O. The van der Waals surface area contributed by atoms with Crippen molar-refractivity contribution < 1.29 is 9.90 Å². The molecule has 1 unspecified atom stereocenters. The number of carbonyl (C=O) groups excluding carboxylic acids is 1. The van der Waals surface area contributed by atoms with Crippen LogP contribution in [0.3, 0.4) is 0 Å². The van der Waals surface area contributed by atoms with E-state index in [0.29, 0.717) is 12.0 Å². The van der Waals surface area contributed by atoms with Crippen LogP contribution in [0.15, 0.2) is 28.8 Å². The van der Waals surface area contributed by atoms with Gasteiger partial charge in [-0.15, -0.1) is 6.58 Å². The molecule has 18 heavy (non-hydrogen) atoms. The van der Waals surface area contributed by atoms with Gasteiger partial charge in [-0.25, -0.2) is 0 Å². The summed E-state index contributed by atoms with van der Waals surface area (Å²) >= 11 is 3.40. The molecule has 1 atom stereocenters. The van der Waals surface area contributed by atoms with Crippen molar-refractivity contribution in [2.45, 2.75) is 33.2 Å². The summed E-state index contributed by atoms with van der Waals surface area (Å²) in [6.45, 7) is 9.05. The van der Waals surface area contributed by atoms with Crippen molar-refractivity contribution in [3.8, 4) is 5.75 Å². The van der Waals surface area contributed by atoms with Crippen LogP contribution in [0.2, 0.25) is 0 Å². The summed E-state index contributed by atoms with van der Waals surface area (Å²) in [6.07, 6.45) is 0.600. The Bertz CT molecular complexity index is 467. The number of nitrogens with one attached hydrogen (secondary N) is 1. The Labute approximate surface area is 116 Å².